The van der Waals surface area contributed by atoms with E-state index in [4.69, 9.17) is 9.47 Å². The van der Waals surface area contributed by atoms with Gasteiger partial charge in [0.25, 0.3) is 0 Å². The first-order valence-electron chi connectivity index (χ1n) is 6.64. The molecule has 0 spiro atoms. The Hall–Kier alpha value is -1.52. The zero-order valence-electron chi connectivity index (χ0n) is 12.1. The van der Waals surface area contributed by atoms with Gasteiger partial charge in [-0.15, -0.1) is 0 Å². The van der Waals surface area contributed by atoms with Crippen LogP contribution >= 0.6 is 0 Å². The van der Waals surface area contributed by atoms with Crippen molar-refractivity contribution in [3.63, 3.8) is 0 Å². The first-order chi connectivity index (χ1) is 8.80. The smallest absolute Gasteiger partial charge is 0.407 e. The Morgan fingerprint density at radius 1 is 1.32 bits per heavy atom. The van der Waals surface area contributed by atoms with E-state index in [2.05, 4.69) is 5.32 Å². The summed E-state index contributed by atoms with van der Waals surface area (Å²) in [4.78, 5) is 22.6. The molecule has 0 heterocycles. The van der Waals surface area contributed by atoms with E-state index < -0.39 is 5.60 Å². The van der Waals surface area contributed by atoms with E-state index in [0.29, 0.717) is 12.5 Å². The van der Waals surface area contributed by atoms with Crippen molar-refractivity contribution >= 4 is 12.1 Å². The number of alkyl carbamates (subject to hydrolysis) is 1. The minimum atomic E-state index is -0.475. The van der Waals surface area contributed by atoms with Gasteiger partial charge in [0.15, 0.2) is 0 Å². The fraction of sp³-hybridized carbons (Fsp3) is 0.714. The van der Waals surface area contributed by atoms with Crippen LogP contribution in [0.3, 0.4) is 0 Å². The maximum Gasteiger partial charge on any atom is 0.407 e. The van der Waals surface area contributed by atoms with Gasteiger partial charge in [0.2, 0.25) is 0 Å². The minimum Gasteiger partial charge on any atom is -0.463 e. The topological polar surface area (TPSA) is 64.6 Å². The standard InChI is InChI=1S/C14H23NO4/c1-5-18-12(16)7-6-10-8-11(9-10)15-13(17)19-14(2,3)4/h6-7,10-11H,5,8-9H2,1-4H3,(H,15,17)/b7-6+/t10-,11+. The number of amides is 1. The molecule has 0 bridgehead atoms. The normalized spacial score (nSPS) is 22.7. The Kier molecular flexibility index (Phi) is 5.39. The van der Waals surface area contributed by atoms with Crippen LogP contribution < -0.4 is 5.32 Å². The number of nitrogens with one attached hydrogen (secondary N) is 1. The summed E-state index contributed by atoms with van der Waals surface area (Å²) in [5.41, 5.74) is -0.475. The number of hydrogen-bond acceptors (Lipinski definition) is 4. The Morgan fingerprint density at radius 2 is 1.95 bits per heavy atom. The third-order valence-electron chi connectivity index (χ3n) is 2.69. The fourth-order valence-electron chi connectivity index (χ4n) is 1.82. The SMILES string of the molecule is CCOC(=O)/C=C/[C@H]1C[C@@H](NC(=O)OC(C)(C)C)C1. The highest BCUT2D eigenvalue weighted by Gasteiger charge is 2.30. The van der Waals surface area contributed by atoms with Crippen LogP contribution in [0.5, 0.6) is 0 Å². The maximum atomic E-state index is 11.5. The molecule has 1 N–H and O–H groups in total. The number of carbonyl (C=O) groups excluding carboxylic acids is 2. The van der Waals surface area contributed by atoms with E-state index in [1.54, 1.807) is 6.92 Å². The quantitative estimate of drug-likeness (QED) is 0.628. The van der Waals surface area contributed by atoms with Crippen LogP contribution in [0.4, 0.5) is 4.79 Å². The van der Waals surface area contributed by atoms with Gasteiger partial charge >= 0.3 is 12.1 Å². The molecule has 1 rings (SSSR count). The van der Waals surface area contributed by atoms with Crippen LogP contribution in [-0.4, -0.2) is 30.3 Å². The summed E-state index contributed by atoms with van der Waals surface area (Å²) in [6.45, 7) is 7.65. The molecule has 0 radical (unpaired) electrons. The van der Waals surface area contributed by atoms with Gasteiger partial charge in [-0.25, -0.2) is 9.59 Å². The maximum absolute atomic E-state index is 11.5. The number of esters is 1. The van der Waals surface area contributed by atoms with Crippen molar-refractivity contribution in [2.24, 2.45) is 5.92 Å². The lowest BCUT2D eigenvalue weighted by Gasteiger charge is -2.34. The second kappa shape index (κ2) is 6.59. The highest BCUT2D eigenvalue weighted by Crippen LogP contribution is 2.28. The van der Waals surface area contributed by atoms with E-state index in [0.717, 1.165) is 12.8 Å². The van der Waals surface area contributed by atoms with Crippen molar-refractivity contribution in [3.8, 4) is 0 Å². The van der Waals surface area contributed by atoms with Gasteiger partial charge in [-0.1, -0.05) is 6.08 Å². The highest BCUT2D eigenvalue weighted by molar-refractivity contribution is 5.81. The summed E-state index contributed by atoms with van der Waals surface area (Å²) in [7, 11) is 0. The summed E-state index contributed by atoms with van der Waals surface area (Å²) in [5.74, 6) is 0.00962. The van der Waals surface area contributed by atoms with Crippen molar-refractivity contribution in [3.05, 3.63) is 12.2 Å². The van der Waals surface area contributed by atoms with Gasteiger partial charge in [0.1, 0.15) is 5.60 Å². The average molecular weight is 269 g/mol. The van der Waals surface area contributed by atoms with Crippen molar-refractivity contribution < 1.29 is 19.1 Å². The molecule has 19 heavy (non-hydrogen) atoms. The molecular formula is C14H23NO4. The molecule has 1 aliphatic rings. The second-order valence-corrected chi connectivity index (χ2v) is 5.69. The Bertz CT molecular complexity index is 351. The van der Waals surface area contributed by atoms with Crippen LogP contribution in [0.1, 0.15) is 40.5 Å². The molecule has 1 saturated carbocycles. The monoisotopic (exact) mass is 269 g/mol. The molecule has 0 aromatic heterocycles. The van der Waals surface area contributed by atoms with Gasteiger partial charge in [-0.2, -0.15) is 0 Å². The largest absolute Gasteiger partial charge is 0.463 e. The molecule has 108 valence electrons. The van der Waals surface area contributed by atoms with E-state index >= 15 is 0 Å². The van der Waals surface area contributed by atoms with E-state index in [1.165, 1.54) is 6.08 Å². The van der Waals surface area contributed by atoms with Crippen LogP contribution in [0.2, 0.25) is 0 Å². The van der Waals surface area contributed by atoms with Crippen molar-refractivity contribution in [2.75, 3.05) is 6.61 Å². The second-order valence-electron chi connectivity index (χ2n) is 5.69. The molecule has 0 aliphatic heterocycles. The van der Waals surface area contributed by atoms with Gasteiger partial charge in [-0.05, 0) is 46.5 Å². The molecule has 5 nitrogen and oxygen atoms in total. The van der Waals surface area contributed by atoms with E-state index in [-0.39, 0.29) is 18.1 Å². The van der Waals surface area contributed by atoms with Gasteiger partial charge in [0.05, 0.1) is 6.61 Å². The van der Waals surface area contributed by atoms with Crippen LogP contribution in [0.25, 0.3) is 0 Å². The van der Waals surface area contributed by atoms with Crippen LogP contribution in [-0.2, 0) is 14.3 Å². The Morgan fingerprint density at radius 3 is 2.47 bits per heavy atom. The third kappa shape index (κ3) is 6.27. The zero-order chi connectivity index (χ0) is 14.5. The molecule has 0 atom stereocenters. The fourth-order valence-corrected chi connectivity index (χ4v) is 1.82. The number of hydrogen-bond donors (Lipinski definition) is 1. The minimum absolute atomic E-state index is 0.131. The lowest BCUT2D eigenvalue weighted by Crippen LogP contribution is -2.45. The van der Waals surface area contributed by atoms with Gasteiger partial charge in [0, 0.05) is 12.1 Å². The van der Waals surface area contributed by atoms with Gasteiger partial charge in [-0.3, -0.25) is 0 Å². The first-order valence-corrected chi connectivity index (χ1v) is 6.64. The van der Waals surface area contributed by atoms with Crippen molar-refractivity contribution in [1.29, 1.82) is 0 Å². The predicted octanol–water partition coefficient (Wildman–Crippen LogP) is 2.41. The van der Waals surface area contributed by atoms with Crippen molar-refractivity contribution in [2.45, 2.75) is 52.2 Å². The molecule has 1 aliphatic carbocycles. The molecular weight excluding hydrogens is 246 g/mol. The predicted molar refractivity (Wildman–Crippen MR) is 71.7 cm³/mol. The highest BCUT2D eigenvalue weighted by atomic mass is 16.6. The van der Waals surface area contributed by atoms with Crippen LogP contribution in [0.15, 0.2) is 12.2 Å². The summed E-state index contributed by atoms with van der Waals surface area (Å²) in [6.07, 6.45) is 4.57. The summed E-state index contributed by atoms with van der Waals surface area (Å²) in [6, 6.07) is 0.131. The van der Waals surface area contributed by atoms with Crippen LogP contribution in [0, 0.1) is 5.92 Å². The molecule has 5 heteroatoms. The molecule has 0 aromatic carbocycles. The van der Waals surface area contributed by atoms with E-state index in [1.807, 2.05) is 26.8 Å². The third-order valence-corrected chi connectivity index (χ3v) is 2.69. The number of ether oxygens (including phenoxy) is 2. The number of carbonyl (C=O) groups is 2. The zero-order valence-corrected chi connectivity index (χ0v) is 12.1. The first kappa shape index (κ1) is 15.5. The molecule has 0 aromatic rings. The summed E-state index contributed by atoms with van der Waals surface area (Å²) < 4.78 is 9.96. The molecule has 0 unspecified atom stereocenters. The van der Waals surface area contributed by atoms with Crippen molar-refractivity contribution in [1.82, 2.24) is 5.32 Å². The van der Waals surface area contributed by atoms with E-state index in [9.17, 15) is 9.59 Å². The average Bonchev–Trinajstić information content (AvgIpc) is 2.18. The molecule has 0 saturated heterocycles. The number of rotatable bonds is 4. The lowest BCUT2D eigenvalue weighted by molar-refractivity contribution is -0.137. The van der Waals surface area contributed by atoms with Gasteiger partial charge < -0.3 is 14.8 Å². The lowest BCUT2D eigenvalue weighted by atomic mass is 9.80. The molecule has 1 fully saturated rings. The summed E-state index contributed by atoms with van der Waals surface area (Å²) >= 11 is 0. The number of allylic oxidation sites excluding steroid dienone is 1. The molecule has 1 amide bonds. The Balaban J connectivity index is 2.20. The Labute approximate surface area is 114 Å². The summed E-state index contributed by atoms with van der Waals surface area (Å²) in [5, 5.41) is 2.80.